The van der Waals surface area contributed by atoms with Crippen LogP contribution >= 0.6 is 11.8 Å². The molecule has 0 aliphatic carbocycles. The highest BCUT2D eigenvalue weighted by molar-refractivity contribution is 8.00. The van der Waals surface area contributed by atoms with Crippen LogP contribution in [0.5, 0.6) is 0 Å². The number of esters is 1. The zero-order valence-electron chi connectivity index (χ0n) is 16.7. The van der Waals surface area contributed by atoms with Crippen LogP contribution in [-0.2, 0) is 9.53 Å². The molecule has 1 unspecified atom stereocenters. The molecule has 0 bridgehead atoms. The van der Waals surface area contributed by atoms with Crippen molar-refractivity contribution in [3.63, 3.8) is 0 Å². The number of anilines is 1. The molecule has 29 heavy (non-hydrogen) atoms. The van der Waals surface area contributed by atoms with Gasteiger partial charge in [0.2, 0.25) is 0 Å². The molecule has 0 saturated carbocycles. The van der Waals surface area contributed by atoms with Gasteiger partial charge in [-0.15, -0.1) is 11.8 Å². The first-order valence-corrected chi connectivity index (χ1v) is 10.4. The van der Waals surface area contributed by atoms with Crippen LogP contribution in [0, 0.1) is 17.6 Å². The van der Waals surface area contributed by atoms with Crippen LogP contribution < -0.4 is 5.32 Å². The second-order valence-corrected chi connectivity index (χ2v) is 8.25. The SMILES string of the molecule is CCCC(Sc1cc(NC(=O)c2ccccc2)c(F)cc1F)C(=O)OCC(C)C. The van der Waals surface area contributed by atoms with Crippen LogP contribution in [0.2, 0.25) is 0 Å². The summed E-state index contributed by atoms with van der Waals surface area (Å²) < 4.78 is 33.8. The van der Waals surface area contributed by atoms with E-state index >= 15 is 0 Å². The van der Waals surface area contributed by atoms with Crippen molar-refractivity contribution in [1.29, 1.82) is 0 Å². The predicted molar refractivity (Wildman–Crippen MR) is 111 cm³/mol. The topological polar surface area (TPSA) is 55.4 Å². The molecule has 0 saturated heterocycles. The Morgan fingerprint density at radius 2 is 1.79 bits per heavy atom. The Hall–Kier alpha value is -2.41. The average molecular weight is 422 g/mol. The minimum absolute atomic E-state index is 0.0784. The minimum Gasteiger partial charge on any atom is -0.465 e. The molecule has 1 amide bonds. The lowest BCUT2D eigenvalue weighted by molar-refractivity contribution is -0.144. The van der Waals surface area contributed by atoms with Gasteiger partial charge in [-0.2, -0.15) is 0 Å². The number of hydrogen-bond acceptors (Lipinski definition) is 4. The Morgan fingerprint density at radius 3 is 2.41 bits per heavy atom. The second kappa shape index (κ2) is 11.0. The molecule has 0 spiro atoms. The van der Waals surface area contributed by atoms with Gasteiger partial charge in [0.05, 0.1) is 12.3 Å². The lowest BCUT2D eigenvalue weighted by Gasteiger charge is -2.17. The van der Waals surface area contributed by atoms with Crippen molar-refractivity contribution in [3.05, 3.63) is 59.7 Å². The molecule has 0 heterocycles. The summed E-state index contributed by atoms with van der Waals surface area (Å²) in [6.45, 7) is 6.05. The number of ether oxygens (including phenoxy) is 1. The fraction of sp³-hybridized carbons (Fsp3) is 0.364. The summed E-state index contributed by atoms with van der Waals surface area (Å²) in [4.78, 5) is 24.7. The Bertz CT molecular complexity index is 843. The third kappa shape index (κ3) is 6.85. The van der Waals surface area contributed by atoms with Crippen molar-refractivity contribution in [1.82, 2.24) is 0 Å². The summed E-state index contributed by atoms with van der Waals surface area (Å²) in [5.74, 6) is -2.42. The molecule has 0 fully saturated rings. The quantitative estimate of drug-likeness (QED) is 0.418. The number of amides is 1. The normalized spacial score (nSPS) is 11.9. The molecule has 4 nitrogen and oxygen atoms in total. The molecule has 2 aromatic carbocycles. The van der Waals surface area contributed by atoms with E-state index in [0.29, 0.717) is 24.5 Å². The molecule has 2 aromatic rings. The maximum Gasteiger partial charge on any atom is 0.319 e. The first kappa shape index (κ1) is 22.9. The predicted octanol–water partition coefficient (Wildman–Crippen LogP) is 5.68. The van der Waals surface area contributed by atoms with Crippen LogP contribution in [-0.4, -0.2) is 23.7 Å². The van der Waals surface area contributed by atoms with Crippen molar-refractivity contribution in [3.8, 4) is 0 Å². The zero-order valence-corrected chi connectivity index (χ0v) is 17.5. The molecular formula is C22H25F2NO3S. The fourth-order valence-corrected chi connectivity index (χ4v) is 3.66. The average Bonchev–Trinajstić information content (AvgIpc) is 2.69. The summed E-state index contributed by atoms with van der Waals surface area (Å²) in [5, 5.41) is 1.84. The Balaban J connectivity index is 2.20. The van der Waals surface area contributed by atoms with Gasteiger partial charge in [-0.3, -0.25) is 9.59 Å². The van der Waals surface area contributed by atoms with Gasteiger partial charge in [0.1, 0.15) is 16.9 Å². The number of nitrogens with one attached hydrogen (secondary N) is 1. The maximum atomic E-state index is 14.3. The van der Waals surface area contributed by atoms with Gasteiger partial charge in [0.15, 0.2) is 0 Å². The highest BCUT2D eigenvalue weighted by Crippen LogP contribution is 2.33. The molecule has 7 heteroatoms. The monoisotopic (exact) mass is 421 g/mol. The number of carbonyl (C=O) groups is 2. The van der Waals surface area contributed by atoms with Gasteiger partial charge < -0.3 is 10.1 Å². The van der Waals surface area contributed by atoms with E-state index < -0.39 is 28.8 Å². The molecule has 0 radical (unpaired) electrons. The molecular weight excluding hydrogens is 396 g/mol. The van der Waals surface area contributed by atoms with E-state index in [1.807, 2.05) is 20.8 Å². The van der Waals surface area contributed by atoms with E-state index in [2.05, 4.69) is 5.32 Å². The van der Waals surface area contributed by atoms with Gasteiger partial charge in [-0.1, -0.05) is 45.4 Å². The number of benzene rings is 2. The molecule has 0 aliphatic rings. The van der Waals surface area contributed by atoms with E-state index in [-0.39, 0.29) is 23.1 Å². The summed E-state index contributed by atoms with van der Waals surface area (Å²) in [6.07, 6.45) is 1.19. The molecule has 1 N–H and O–H groups in total. The molecule has 0 aliphatic heterocycles. The summed E-state index contributed by atoms with van der Waals surface area (Å²) in [7, 11) is 0. The van der Waals surface area contributed by atoms with Crippen molar-refractivity contribution < 1.29 is 23.1 Å². The highest BCUT2D eigenvalue weighted by atomic mass is 32.2. The minimum atomic E-state index is -0.884. The third-order valence-electron chi connectivity index (χ3n) is 3.95. The van der Waals surface area contributed by atoms with Crippen molar-refractivity contribution in [2.75, 3.05) is 11.9 Å². The molecule has 2 rings (SSSR count). The van der Waals surface area contributed by atoms with E-state index in [0.717, 1.165) is 11.8 Å². The number of carbonyl (C=O) groups excluding carboxylic acids is 2. The first-order chi connectivity index (χ1) is 13.8. The van der Waals surface area contributed by atoms with Crippen LogP contribution in [0.15, 0.2) is 47.4 Å². The van der Waals surface area contributed by atoms with Crippen molar-refractivity contribution >= 4 is 29.3 Å². The smallest absolute Gasteiger partial charge is 0.319 e. The van der Waals surface area contributed by atoms with Gasteiger partial charge in [-0.05, 0) is 30.5 Å². The lowest BCUT2D eigenvalue weighted by Crippen LogP contribution is -2.22. The van der Waals surface area contributed by atoms with Crippen LogP contribution in [0.4, 0.5) is 14.5 Å². The second-order valence-electron chi connectivity index (χ2n) is 7.00. The first-order valence-electron chi connectivity index (χ1n) is 9.50. The zero-order chi connectivity index (χ0) is 21.4. The summed E-state index contributed by atoms with van der Waals surface area (Å²) in [6, 6.07) is 10.3. The number of thioether (sulfide) groups is 1. The fourth-order valence-electron chi connectivity index (χ4n) is 2.48. The number of hydrogen-bond donors (Lipinski definition) is 1. The van der Waals surface area contributed by atoms with E-state index in [9.17, 15) is 18.4 Å². The van der Waals surface area contributed by atoms with Crippen molar-refractivity contribution in [2.24, 2.45) is 5.92 Å². The van der Waals surface area contributed by atoms with E-state index in [1.165, 1.54) is 6.07 Å². The standard InChI is InChI=1S/C22H25F2NO3S/c1-4-8-19(22(27)28-13-14(2)3)29-20-12-18(16(23)11-17(20)24)25-21(26)15-9-6-5-7-10-15/h5-7,9-12,14,19H,4,8,13H2,1-3H3,(H,25,26). The van der Waals surface area contributed by atoms with Gasteiger partial charge in [0, 0.05) is 16.5 Å². The Kier molecular flexibility index (Phi) is 8.64. The highest BCUT2D eigenvalue weighted by Gasteiger charge is 2.24. The van der Waals surface area contributed by atoms with Gasteiger partial charge in [0.25, 0.3) is 5.91 Å². The maximum absolute atomic E-state index is 14.3. The van der Waals surface area contributed by atoms with Gasteiger partial charge in [-0.25, -0.2) is 8.78 Å². The number of rotatable bonds is 9. The summed E-state index contributed by atoms with van der Waals surface area (Å²) >= 11 is 0.978. The molecule has 1 atom stereocenters. The van der Waals surface area contributed by atoms with Crippen molar-refractivity contribution in [2.45, 2.75) is 43.8 Å². The largest absolute Gasteiger partial charge is 0.465 e. The molecule has 156 valence electrons. The van der Waals surface area contributed by atoms with Crippen LogP contribution in [0.1, 0.15) is 44.0 Å². The van der Waals surface area contributed by atoms with E-state index in [4.69, 9.17) is 4.74 Å². The van der Waals surface area contributed by atoms with Crippen LogP contribution in [0.25, 0.3) is 0 Å². The van der Waals surface area contributed by atoms with Gasteiger partial charge >= 0.3 is 5.97 Å². The summed E-state index contributed by atoms with van der Waals surface area (Å²) in [5.41, 5.74) is 0.208. The molecule has 0 aromatic heterocycles. The lowest BCUT2D eigenvalue weighted by atomic mass is 10.2. The number of halogens is 2. The Morgan fingerprint density at radius 1 is 1.10 bits per heavy atom. The van der Waals surface area contributed by atoms with E-state index in [1.54, 1.807) is 30.3 Å². The third-order valence-corrected chi connectivity index (χ3v) is 5.23. The Labute approximate surface area is 174 Å². The van der Waals surface area contributed by atoms with Crippen LogP contribution in [0.3, 0.4) is 0 Å².